The number of guanidine groups is 1. The number of rotatable bonds is 8. The molecule has 1 aliphatic carbocycles. The SMILES string of the molecule is CCNC(=NCCS(=O)(=O)NCC1CCCCO1)NC1CCC(C(F)(F)F)CC1.I. The molecule has 2 fully saturated rings. The first kappa shape index (κ1) is 27.7. The van der Waals surface area contributed by atoms with Crippen molar-refractivity contribution in [2.45, 2.75) is 70.2 Å². The van der Waals surface area contributed by atoms with Gasteiger partial charge in [-0.1, -0.05) is 0 Å². The number of hydrogen-bond donors (Lipinski definition) is 3. The van der Waals surface area contributed by atoms with E-state index >= 15 is 0 Å². The molecule has 0 amide bonds. The molecule has 0 aromatic carbocycles. The Labute approximate surface area is 194 Å². The summed E-state index contributed by atoms with van der Waals surface area (Å²) in [6.45, 7) is 3.45. The lowest BCUT2D eigenvalue weighted by Gasteiger charge is -2.31. The summed E-state index contributed by atoms with van der Waals surface area (Å²) in [5.74, 6) is -0.949. The van der Waals surface area contributed by atoms with Gasteiger partial charge in [0.05, 0.1) is 24.3 Å². The van der Waals surface area contributed by atoms with E-state index in [-0.39, 0.29) is 67.8 Å². The minimum absolute atomic E-state index is 0. The van der Waals surface area contributed by atoms with Crippen molar-refractivity contribution in [3.05, 3.63) is 0 Å². The minimum Gasteiger partial charge on any atom is -0.377 e. The van der Waals surface area contributed by atoms with Gasteiger partial charge in [0.15, 0.2) is 5.96 Å². The van der Waals surface area contributed by atoms with Crippen molar-refractivity contribution >= 4 is 40.0 Å². The number of sulfonamides is 1. The highest BCUT2D eigenvalue weighted by Gasteiger charge is 2.41. The molecule has 1 saturated heterocycles. The molecule has 7 nitrogen and oxygen atoms in total. The van der Waals surface area contributed by atoms with Gasteiger partial charge in [-0.15, -0.1) is 24.0 Å². The van der Waals surface area contributed by atoms with Gasteiger partial charge in [-0.2, -0.15) is 13.2 Å². The molecule has 30 heavy (non-hydrogen) atoms. The molecule has 1 unspecified atom stereocenters. The first-order chi connectivity index (χ1) is 13.7. The van der Waals surface area contributed by atoms with Crippen LogP contribution in [-0.2, 0) is 14.8 Å². The standard InChI is InChI=1S/C18H33F3N4O3S.HI/c1-2-22-17(25-15-8-6-14(7-9-15)18(19,20)21)23-10-12-29(26,27)24-13-16-5-3-4-11-28-16;/h14-16,24H,2-13H2,1H3,(H2,22,23,25);1H. The number of nitrogens with one attached hydrogen (secondary N) is 3. The predicted octanol–water partition coefficient (Wildman–Crippen LogP) is 2.77. The normalized spacial score (nSPS) is 26.0. The van der Waals surface area contributed by atoms with E-state index < -0.39 is 22.1 Å². The van der Waals surface area contributed by atoms with Crippen LogP contribution in [0.2, 0.25) is 0 Å². The molecule has 178 valence electrons. The lowest BCUT2D eigenvalue weighted by molar-refractivity contribution is -0.182. The van der Waals surface area contributed by atoms with Crippen LogP contribution in [0.25, 0.3) is 0 Å². The van der Waals surface area contributed by atoms with Gasteiger partial charge in [-0.05, 0) is 51.9 Å². The van der Waals surface area contributed by atoms with Crippen molar-refractivity contribution in [3.63, 3.8) is 0 Å². The molecule has 2 rings (SSSR count). The Morgan fingerprint density at radius 2 is 1.83 bits per heavy atom. The van der Waals surface area contributed by atoms with E-state index in [0.29, 0.717) is 32.0 Å². The Hall–Kier alpha value is -0.340. The molecular formula is C18H34F3IN4O3S. The first-order valence-corrected chi connectivity index (χ1v) is 12.1. The van der Waals surface area contributed by atoms with Crippen LogP contribution in [0.15, 0.2) is 4.99 Å². The van der Waals surface area contributed by atoms with Crippen molar-refractivity contribution in [2.24, 2.45) is 10.9 Å². The van der Waals surface area contributed by atoms with E-state index in [1.165, 1.54) is 0 Å². The van der Waals surface area contributed by atoms with Crippen molar-refractivity contribution in [2.75, 3.05) is 32.0 Å². The summed E-state index contributed by atoms with van der Waals surface area (Å²) in [6, 6.07) is -0.0930. The van der Waals surface area contributed by atoms with E-state index in [2.05, 4.69) is 20.3 Å². The van der Waals surface area contributed by atoms with Gasteiger partial charge in [0.1, 0.15) is 0 Å². The van der Waals surface area contributed by atoms with Gasteiger partial charge in [-0.25, -0.2) is 13.1 Å². The van der Waals surface area contributed by atoms with Crippen molar-refractivity contribution < 1.29 is 26.3 Å². The Morgan fingerprint density at radius 1 is 1.13 bits per heavy atom. The van der Waals surface area contributed by atoms with Crippen LogP contribution < -0.4 is 15.4 Å². The maximum atomic E-state index is 12.8. The van der Waals surface area contributed by atoms with Crippen LogP contribution in [-0.4, -0.2) is 64.7 Å². The average Bonchev–Trinajstić information content (AvgIpc) is 2.67. The van der Waals surface area contributed by atoms with E-state index in [0.717, 1.165) is 19.3 Å². The van der Waals surface area contributed by atoms with E-state index in [9.17, 15) is 21.6 Å². The summed E-state index contributed by atoms with van der Waals surface area (Å²) in [5, 5.41) is 6.16. The Morgan fingerprint density at radius 3 is 2.40 bits per heavy atom. The second-order valence-electron chi connectivity index (χ2n) is 7.65. The molecule has 0 radical (unpaired) electrons. The number of hydrogen-bond acceptors (Lipinski definition) is 4. The van der Waals surface area contributed by atoms with Crippen LogP contribution in [0.5, 0.6) is 0 Å². The summed E-state index contributed by atoms with van der Waals surface area (Å²) in [6.07, 6.45) is -0.280. The van der Waals surface area contributed by atoms with Gasteiger partial charge >= 0.3 is 6.18 Å². The Kier molecular flexibility index (Phi) is 12.2. The summed E-state index contributed by atoms with van der Waals surface area (Å²) < 4.78 is 70.7. The van der Waals surface area contributed by atoms with E-state index in [1.54, 1.807) is 0 Å². The molecular weight excluding hydrogens is 536 g/mol. The molecule has 0 bridgehead atoms. The molecule has 2 aliphatic rings. The highest BCUT2D eigenvalue weighted by molar-refractivity contribution is 14.0. The summed E-state index contributed by atoms with van der Waals surface area (Å²) in [5.41, 5.74) is 0. The van der Waals surface area contributed by atoms with E-state index in [4.69, 9.17) is 4.74 Å². The molecule has 1 saturated carbocycles. The fraction of sp³-hybridized carbons (Fsp3) is 0.944. The fourth-order valence-corrected chi connectivity index (χ4v) is 4.53. The lowest BCUT2D eigenvalue weighted by Crippen LogP contribution is -2.46. The summed E-state index contributed by atoms with van der Waals surface area (Å²) in [4.78, 5) is 4.28. The van der Waals surface area contributed by atoms with Gasteiger partial charge in [-0.3, -0.25) is 4.99 Å². The van der Waals surface area contributed by atoms with E-state index in [1.807, 2.05) is 6.92 Å². The molecule has 0 aromatic heterocycles. The number of alkyl halides is 3. The topological polar surface area (TPSA) is 91.8 Å². The molecule has 1 aliphatic heterocycles. The third-order valence-corrected chi connectivity index (χ3v) is 6.64. The molecule has 1 heterocycles. The maximum Gasteiger partial charge on any atom is 0.391 e. The zero-order valence-corrected chi connectivity index (χ0v) is 20.5. The largest absolute Gasteiger partial charge is 0.391 e. The van der Waals surface area contributed by atoms with Crippen LogP contribution in [0.3, 0.4) is 0 Å². The number of nitrogens with zero attached hydrogens (tertiary/aromatic N) is 1. The molecule has 0 spiro atoms. The first-order valence-electron chi connectivity index (χ1n) is 10.4. The number of halogens is 4. The third-order valence-electron chi connectivity index (χ3n) is 5.31. The highest BCUT2D eigenvalue weighted by atomic mass is 127. The number of ether oxygens (including phenoxy) is 1. The maximum absolute atomic E-state index is 12.8. The summed E-state index contributed by atoms with van der Waals surface area (Å²) >= 11 is 0. The Balaban J connectivity index is 0.00000450. The smallest absolute Gasteiger partial charge is 0.377 e. The third kappa shape index (κ3) is 10.3. The molecule has 0 aromatic rings. The average molecular weight is 570 g/mol. The zero-order valence-electron chi connectivity index (χ0n) is 17.3. The zero-order chi connectivity index (χ0) is 21.3. The van der Waals surface area contributed by atoms with Gasteiger partial charge in [0, 0.05) is 25.7 Å². The minimum atomic E-state index is -4.13. The second kappa shape index (κ2) is 13.3. The van der Waals surface area contributed by atoms with Crippen molar-refractivity contribution in [1.82, 2.24) is 15.4 Å². The van der Waals surface area contributed by atoms with Gasteiger partial charge < -0.3 is 15.4 Å². The summed E-state index contributed by atoms with van der Waals surface area (Å²) in [7, 11) is -3.47. The van der Waals surface area contributed by atoms with Crippen molar-refractivity contribution in [1.29, 1.82) is 0 Å². The highest BCUT2D eigenvalue weighted by Crippen LogP contribution is 2.37. The molecule has 3 N–H and O–H groups in total. The molecule has 12 heteroatoms. The van der Waals surface area contributed by atoms with Crippen molar-refractivity contribution in [3.8, 4) is 0 Å². The lowest BCUT2D eigenvalue weighted by atomic mass is 9.85. The second-order valence-corrected chi connectivity index (χ2v) is 9.58. The monoisotopic (exact) mass is 570 g/mol. The van der Waals surface area contributed by atoms with Crippen LogP contribution >= 0.6 is 24.0 Å². The van der Waals surface area contributed by atoms with Crippen LogP contribution in [0.1, 0.15) is 51.9 Å². The van der Waals surface area contributed by atoms with Crippen LogP contribution in [0.4, 0.5) is 13.2 Å². The fourth-order valence-electron chi connectivity index (χ4n) is 3.62. The molecule has 1 atom stereocenters. The van der Waals surface area contributed by atoms with Gasteiger partial charge in [0.2, 0.25) is 10.0 Å². The van der Waals surface area contributed by atoms with Crippen LogP contribution in [0, 0.1) is 5.92 Å². The predicted molar refractivity (Wildman–Crippen MR) is 122 cm³/mol. The van der Waals surface area contributed by atoms with Gasteiger partial charge in [0.25, 0.3) is 0 Å². The quantitative estimate of drug-likeness (QED) is 0.237. The Bertz CT molecular complexity index is 621. The number of aliphatic imine (C=N–C) groups is 1.